The average molecular weight is 402 g/mol. The summed E-state index contributed by atoms with van der Waals surface area (Å²) >= 11 is 0. The van der Waals surface area contributed by atoms with E-state index in [9.17, 15) is 9.18 Å². The molecule has 2 aromatic carbocycles. The molecule has 0 aliphatic heterocycles. The van der Waals surface area contributed by atoms with E-state index in [1.165, 1.54) is 6.20 Å². The van der Waals surface area contributed by atoms with Crippen LogP contribution in [0.4, 0.5) is 10.1 Å². The first-order valence-corrected chi connectivity index (χ1v) is 9.89. The summed E-state index contributed by atoms with van der Waals surface area (Å²) in [6, 6.07) is 15.6. The number of aryl methyl sites for hydroxylation is 1. The lowest BCUT2D eigenvalue weighted by molar-refractivity contribution is -0.118. The highest BCUT2D eigenvalue weighted by Gasteiger charge is 2.24. The molecule has 0 fully saturated rings. The molecule has 1 atom stereocenters. The number of anilines is 1. The summed E-state index contributed by atoms with van der Waals surface area (Å²) in [5.41, 5.74) is 4.16. The van der Waals surface area contributed by atoms with Gasteiger partial charge in [0.15, 0.2) is 5.82 Å². The van der Waals surface area contributed by atoms with Gasteiger partial charge in [-0.2, -0.15) is 0 Å². The molecule has 1 unspecified atom stereocenters. The standard InChI is InChI=1S/C24H23FN4O/c1-15(2)22(17-7-5-4-6-8-17)23(30)27-20-11-18(10-9-16(20)3)21-14-29-13-19(25)12-26-24(29)28-21/h4-15,22H,1-3H3,(H,27,30). The van der Waals surface area contributed by atoms with Crippen LogP contribution in [0.5, 0.6) is 0 Å². The Morgan fingerprint density at radius 1 is 1.10 bits per heavy atom. The molecule has 1 N–H and O–H groups in total. The molecule has 4 aromatic rings. The third-order valence-electron chi connectivity index (χ3n) is 5.18. The molecule has 0 saturated carbocycles. The Hall–Kier alpha value is -3.54. The first kappa shape index (κ1) is 19.8. The van der Waals surface area contributed by atoms with Gasteiger partial charge < -0.3 is 5.32 Å². The molecular weight excluding hydrogens is 379 g/mol. The number of imidazole rings is 1. The Balaban J connectivity index is 1.65. The minimum Gasteiger partial charge on any atom is -0.325 e. The van der Waals surface area contributed by atoms with Crippen LogP contribution in [0, 0.1) is 18.7 Å². The van der Waals surface area contributed by atoms with E-state index in [1.807, 2.05) is 69.3 Å². The zero-order valence-electron chi connectivity index (χ0n) is 17.1. The summed E-state index contributed by atoms with van der Waals surface area (Å²) in [6.07, 6.45) is 4.20. The quantitative estimate of drug-likeness (QED) is 0.498. The first-order valence-electron chi connectivity index (χ1n) is 9.89. The van der Waals surface area contributed by atoms with Crippen LogP contribution in [-0.2, 0) is 4.79 Å². The number of benzene rings is 2. The van der Waals surface area contributed by atoms with Crippen LogP contribution in [0.15, 0.2) is 67.1 Å². The number of rotatable bonds is 5. The maximum atomic E-state index is 13.4. The molecule has 0 aliphatic carbocycles. The van der Waals surface area contributed by atoms with Crippen LogP contribution in [0.25, 0.3) is 17.0 Å². The molecule has 2 aromatic heterocycles. The van der Waals surface area contributed by atoms with Crippen molar-refractivity contribution >= 4 is 17.4 Å². The predicted molar refractivity (Wildman–Crippen MR) is 116 cm³/mol. The topological polar surface area (TPSA) is 59.3 Å². The van der Waals surface area contributed by atoms with E-state index in [-0.39, 0.29) is 17.7 Å². The number of nitrogens with one attached hydrogen (secondary N) is 1. The zero-order valence-corrected chi connectivity index (χ0v) is 17.1. The number of aromatic nitrogens is 3. The summed E-state index contributed by atoms with van der Waals surface area (Å²) in [4.78, 5) is 21.6. The van der Waals surface area contributed by atoms with E-state index < -0.39 is 5.82 Å². The van der Waals surface area contributed by atoms with Crippen molar-refractivity contribution in [2.24, 2.45) is 5.92 Å². The van der Waals surface area contributed by atoms with Gasteiger partial charge in [0.1, 0.15) is 0 Å². The summed E-state index contributed by atoms with van der Waals surface area (Å²) in [5, 5.41) is 3.09. The van der Waals surface area contributed by atoms with Crippen molar-refractivity contribution in [3.8, 4) is 11.3 Å². The van der Waals surface area contributed by atoms with Gasteiger partial charge in [0.05, 0.1) is 17.8 Å². The molecule has 0 aliphatic rings. The number of hydrogen-bond donors (Lipinski definition) is 1. The maximum Gasteiger partial charge on any atom is 0.234 e. The van der Waals surface area contributed by atoms with Crippen LogP contribution in [0.1, 0.15) is 30.9 Å². The van der Waals surface area contributed by atoms with Gasteiger partial charge in [-0.1, -0.05) is 56.3 Å². The third kappa shape index (κ3) is 3.94. The third-order valence-corrected chi connectivity index (χ3v) is 5.18. The number of carbonyl (C=O) groups is 1. The smallest absolute Gasteiger partial charge is 0.234 e. The lowest BCUT2D eigenvalue weighted by Crippen LogP contribution is -2.25. The van der Waals surface area contributed by atoms with Gasteiger partial charge in [-0.25, -0.2) is 14.4 Å². The Morgan fingerprint density at radius 3 is 2.60 bits per heavy atom. The normalized spacial score (nSPS) is 12.3. The molecule has 0 spiro atoms. The minimum absolute atomic E-state index is 0.0461. The van der Waals surface area contributed by atoms with E-state index in [4.69, 9.17) is 0 Å². The highest BCUT2D eigenvalue weighted by atomic mass is 19.1. The van der Waals surface area contributed by atoms with Crippen LogP contribution in [0.3, 0.4) is 0 Å². The van der Waals surface area contributed by atoms with E-state index >= 15 is 0 Å². The van der Waals surface area contributed by atoms with Crippen LogP contribution < -0.4 is 5.32 Å². The van der Waals surface area contributed by atoms with Crippen molar-refractivity contribution in [1.29, 1.82) is 0 Å². The minimum atomic E-state index is -0.427. The molecule has 0 saturated heterocycles. The molecule has 152 valence electrons. The lowest BCUT2D eigenvalue weighted by atomic mass is 9.87. The average Bonchev–Trinajstić information content (AvgIpc) is 3.13. The second-order valence-electron chi connectivity index (χ2n) is 7.76. The van der Waals surface area contributed by atoms with Gasteiger partial charge in [0.25, 0.3) is 0 Å². The number of fused-ring (bicyclic) bond motifs is 1. The molecule has 0 bridgehead atoms. The van der Waals surface area contributed by atoms with Crippen molar-refractivity contribution in [2.45, 2.75) is 26.7 Å². The van der Waals surface area contributed by atoms with Crippen molar-refractivity contribution in [3.63, 3.8) is 0 Å². The number of carbonyl (C=O) groups excluding carboxylic acids is 1. The van der Waals surface area contributed by atoms with Crippen LogP contribution in [0.2, 0.25) is 0 Å². The summed E-state index contributed by atoms with van der Waals surface area (Å²) in [6.45, 7) is 6.04. The van der Waals surface area contributed by atoms with E-state index in [1.54, 1.807) is 10.6 Å². The largest absolute Gasteiger partial charge is 0.325 e. The number of hydrogen-bond acceptors (Lipinski definition) is 3. The van der Waals surface area contributed by atoms with Crippen molar-refractivity contribution in [1.82, 2.24) is 14.4 Å². The highest BCUT2D eigenvalue weighted by Crippen LogP contribution is 2.29. The van der Waals surface area contributed by atoms with Gasteiger partial charge in [0, 0.05) is 23.6 Å². The summed E-state index contributed by atoms with van der Waals surface area (Å²) < 4.78 is 15.0. The van der Waals surface area contributed by atoms with Gasteiger partial charge in [-0.15, -0.1) is 0 Å². The van der Waals surface area contributed by atoms with E-state index in [0.717, 1.165) is 28.6 Å². The molecule has 2 heterocycles. The molecule has 5 nitrogen and oxygen atoms in total. The molecular formula is C24H23FN4O. The maximum absolute atomic E-state index is 13.4. The second kappa shape index (κ2) is 8.06. The van der Waals surface area contributed by atoms with Gasteiger partial charge in [-0.3, -0.25) is 9.20 Å². The Bertz CT molecular complexity index is 1200. The van der Waals surface area contributed by atoms with Crippen LogP contribution >= 0.6 is 0 Å². The fraction of sp³-hybridized carbons (Fsp3) is 0.208. The molecule has 1 amide bonds. The molecule has 4 rings (SSSR count). The zero-order chi connectivity index (χ0) is 21.3. The van der Waals surface area contributed by atoms with Gasteiger partial charge in [-0.05, 0) is 30.0 Å². The summed E-state index contributed by atoms with van der Waals surface area (Å²) in [5.74, 6) is -0.160. The fourth-order valence-corrected chi connectivity index (χ4v) is 3.62. The van der Waals surface area contributed by atoms with E-state index in [2.05, 4.69) is 15.3 Å². The second-order valence-corrected chi connectivity index (χ2v) is 7.76. The summed E-state index contributed by atoms with van der Waals surface area (Å²) in [7, 11) is 0. The van der Waals surface area contributed by atoms with Crippen molar-refractivity contribution in [3.05, 3.63) is 84.1 Å². The van der Waals surface area contributed by atoms with E-state index in [0.29, 0.717) is 11.5 Å². The number of halogens is 1. The van der Waals surface area contributed by atoms with Gasteiger partial charge in [0.2, 0.25) is 11.7 Å². The fourth-order valence-electron chi connectivity index (χ4n) is 3.62. The van der Waals surface area contributed by atoms with Crippen molar-refractivity contribution < 1.29 is 9.18 Å². The monoisotopic (exact) mass is 402 g/mol. The predicted octanol–water partition coefficient (Wildman–Crippen LogP) is 5.22. The van der Waals surface area contributed by atoms with Gasteiger partial charge >= 0.3 is 0 Å². The molecule has 30 heavy (non-hydrogen) atoms. The van der Waals surface area contributed by atoms with Crippen LogP contribution in [-0.4, -0.2) is 20.3 Å². The Labute approximate surface area is 174 Å². The Morgan fingerprint density at radius 2 is 1.87 bits per heavy atom. The SMILES string of the molecule is Cc1ccc(-c2cn3cc(F)cnc3n2)cc1NC(=O)C(c1ccccc1)C(C)C. The van der Waals surface area contributed by atoms with Crippen molar-refractivity contribution in [2.75, 3.05) is 5.32 Å². The first-order chi connectivity index (χ1) is 14.4. The lowest BCUT2D eigenvalue weighted by Gasteiger charge is -2.21. The number of amides is 1. The number of nitrogens with zero attached hydrogens (tertiary/aromatic N) is 3. The molecule has 0 radical (unpaired) electrons. The molecule has 6 heteroatoms. The highest BCUT2D eigenvalue weighted by molar-refractivity contribution is 5.97. The Kier molecular flexibility index (Phi) is 5.31.